The molecule has 0 spiro atoms. The molecule has 0 saturated heterocycles. The zero-order valence-electron chi connectivity index (χ0n) is 14.6. The van der Waals surface area contributed by atoms with E-state index in [1.165, 1.54) is 19.2 Å². The van der Waals surface area contributed by atoms with Crippen molar-refractivity contribution in [2.75, 3.05) is 19.5 Å². The van der Waals surface area contributed by atoms with Gasteiger partial charge in [-0.15, -0.1) is 0 Å². The van der Waals surface area contributed by atoms with Crippen molar-refractivity contribution in [1.82, 2.24) is 0 Å². The molecule has 1 aliphatic carbocycles. The standard InChI is InChI=1S/C19H20N2O5/c1-25-15-8-5-13(6-9-15)18(12-3-4-12)20-17-10-7-14(21(23)24)11-16(17)19(22)26-2/h5-12,18,20H,3-4H2,1-2H3. The lowest BCUT2D eigenvalue weighted by Gasteiger charge is -2.22. The summed E-state index contributed by atoms with van der Waals surface area (Å²) in [6.45, 7) is 0. The number of rotatable bonds is 7. The maximum absolute atomic E-state index is 12.1. The van der Waals surface area contributed by atoms with Gasteiger partial charge in [-0.05, 0) is 42.5 Å². The Bertz CT molecular complexity index is 815. The number of nitro benzene ring substituents is 1. The molecule has 0 heterocycles. The van der Waals surface area contributed by atoms with Crippen LogP contribution in [0.5, 0.6) is 5.75 Å². The van der Waals surface area contributed by atoms with Crippen molar-refractivity contribution >= 4 is 17.3 Å². The van der Waals surface area contributed by atoms with Crippen molar-refractivity contribution in [3.8, 4) is 5.75 Å². The van der Waals surface area contributed by atoms with Crippen LogP contribution in [0.3, 0.4) is 0 Å². The minimum absolute atomic E-state index is 0.00534. The molecule has 7 heteroatoms. The van der Waals surface area contributed by atoms with Crippen LogP contribution in [0, 0.1) is 16.0 Å². The van der Waals surface area contributed by atoms with Crippen LogP contribution in [0.25, 0.3) is 0 Å². The number of hydrogen-bond donors (Lipinski definition) is 1. The molecule has 0 aliphatic heterocycles. The van der Waals surface area contributed by atoms with Gasteiger partial charge in [0.05, 0.1) is 30.7 Å². The Hall–Kier alpha value is -3.09. The van der Waals surface area contributed by atoms with Crippen LogP contribution in [-0.4, -0.2) is 25.1 Å². The molecule has 0 amide bonds. The minimum atomic E-state index is -0.611. The summed E-state index contributed by atoms with van der Waals surface area (Å²) < 4.78 is 9.99. The van der Waals surface area contributed by atoms with Crippen molar-refractivity contribution in [3.63, 3.8) is 0 Å². The second kappa shape index (κ2) is 7.43. The maximum Gasteiger partial charge on any atom is 0.340 e. The fraction of sp³-hybridized carbons (Fsp3) is 0.316. The van der Waals surface area contributed by atoms with E-state index in [1.807, 2.05) is 24.3 Å². The summed E-state index contributed by atoms with van der Waals surface area (Å²) in [5.74, 6) is 0.610. The van der Waals surface area contributed by atoms with Crippen LogP contribution < -0.4 is 10.1 Å². The van der Waals surface area contributed by atoms with E-state index in [4.69, 9.17) is 9.47 Å². The smallest absolute Gasteiger partial charge is 0.340 e. The van der Waals surface area contributed by atoms with Crippen LogP contribution in [-0.2, 0) is 4.74 Å². The summed E-state index contributed by atoms with van der Waals surface area (Å²) in [5.41, 5.74) is 1.60. The number of esters is 1. The molecule has 2 aromatic carbocycles. The second-order valence-corrected chi connectivity index (χ2v) is 6.21. The molecule has 0 aromatic heterocycles. The number of non-ortho nitro benzene ring substituents is 1. The zero-order chi connectivity index (χ0) is 18.7. The van der Waals surface area contributed by atoms with Gasteiger partial charge in [0.2, 0.25) is 0 Å². The molecule has 0 radical (unpaired) electrons. The molecule has 2 aromatic rings. The molecule has 26 heavy (non-hydrogen) atoms. The Morgan fingerprint density at radius 1 is 1.19 bits per heavy atom. The summed E-state index contributed by atoms with van der Waals surface area (Å²) in [6.07, 6.45) is 2.18. The van der Waals surface area contributed by atoms with Gasteiger partial charge in [-0.1, -0.05) is 12.1 Å². The highest BCUT2D eigenvalue weighted by atomic mass is 16.6. The maximum atomic E-state index is 12.1. The number of hydrogen-bond acceptors (Lipinski definition) is 6. The zero-order valence-corrected chi connectivity index (χ0v) is 14.6. The Balaban J connectivity index is 1.93. The largest absolute Gasteiger partial charge is 0.497 e. The van der Waals surface area contributed by atoms with Crippen molar-refractivity contribution in [2.24, 2.45) is 5.92 Å². The Morgan fingerprint density at radius 3 is 2.42 bits per heavy atom. The van der Waals surface area contributed by atoms with Gasteiger partial charge in [-0.25, -0.2) is 4.79 Å². The Labute approximate surface area is 151 Å². The lowest BCUT2D eigenvalue weighted by Crippen LogP contribution is -2.16. The first-order valence-corrected chi connectivity index (χ1v) is 8.30. The SMILES string of the molecule is COC(=O)c1cc([N+](=O)[O-])ccc1NC(c1ccc(OC)cc1)C1CC1. The van der Waals surface area contributed by atoms with Gasteiger partial charge in [-0.3, -0.25) is 10.1 Å². The Kier molecular flexibility index (Phi) is 5.06. The van der Waals surface area contributed by atoms with Gasteiger partial charge in [-0.2, -0.15) is 0 Å². The van der Waals surface area contributed by atoms with Gasteiger partial charge in [0, 0.05) is 17.8 Å². The highest BCUT2D eigenvalue weighted by Crippen LogP contribution is 2.43. The number of carbonyl (C=O) groups excluding carboxylic acids is 1. The van der Waals surface area contributed by atoms with Crippen LogP contribution in [0.2, 0.25) is 0 Å². The molecule has 1 unspecified atom stereocenters. The fourth-order valence-corrected chi connectivity index (χ4v) is 2.93. The molecule has 1 atom stereocenters. The number of benzene rings is 2. The third kappa shape index (κ3) is 3.77. The number of nitrogens with one attached hydrogen (secondary N) is 1. The molecular weight excluding hydrogens is 336 g/mol. The average molecular weight is 356 g/mol. The summed E-state index contributed by atoms with van der Waals surface area (Å²) in [4.78, 5) is 22.6. The highest BCUT2D eigenvalue weighted by Gasteiger charge is 2.33. The van der Waals surface area contributed by atoms with E-state index < -0.39 is 10.9 Å². The predicted octanol–water partition coefficient (Wildman–Crippen LogP) is 3.95. The van der Waals surface area contributed by atoms with Crippen molar-refractivity contribution in [3.05, 3.63) is 63.7 Å². The first-order valence-electron chi connectivity index (χ1n) is 8.30. The van der Waals surface area contributed by atoms with Crippen molar-refractivity contribution in [2.45, 2.75) is 18.9 Å². The number of ether oxygens (including phenoxy) is 2. The van der Waals surface area contributed by atoms with Crippen molar-refractivity contribution < 1.29 is 19.2 Å². The lowest BCUT2D eigenvalue weighted by atomic mass is 10.0. The van der Waals surface area contributed by atoms with E-state index in [2.05, 4.69) is 5.32 Å². The molecule has 1 saturated carbocycles. The predicted molar refractivity (Wildman–Crippen MR) is 96.5 cm³/mol. The van der Waals surface area contributed by atoms with Gasteiger partial charge < -0.3 is 14.8 Å². The molecule has 1 aliphatic rings. The van der Waals surface area contributed by atoms with E-state index >= 15 is 0 Å². The quantitative estimate of drug-likeness (QED) is 0.459. The van der Waals surface area contributed by atoms with Crippen LogP contribution in [0.1, 0.15) is 34.8 Å². The minimum Gasteiger partial charge on any atom is -0.497 e. The summed E-state index contributed by atoms with van der Waals surface area (Å²) in [7, 11) is 2.87. The summed E-state index contributed by atoms with van der Waals surface area (Å²) in [6, 6.07) is 11.9. The number of nitrogens with zero attached hydrogens (tertiary/aromatic N) is 1. The van der Waals surface area contributed by atoms with E-state index in [0.29, 0.717) is 11.6 Å². The number of carbonyl (C=O) groups is 1. The highest BCUT2D eigenvalue weighted by molar-refractivity contribution is 5.96. The first-order chi connectivity index (χ1) is 12.5. The van der Waals surface area contributed by atoms with Gasteiger partial charge in [0.15, 0.2) is 0 Å². The molecule has 7 nitrogen and oxygen atoms in total. The Morgan fingerprint density at radius 2 is 1.88 bits per heavy atom. The van der Waals surface area contributed by atoms with Crippen LogP contribution in [0.4, 0.5) is 11.4 Å². The third-order valence-electron chi connectivity index (χ3n) is 4.50. The normalized spacial score (nSPS) is 14.4. The van der Waals surface area contributed by atoms with Crippen molar-refractivity contribution in [1.29, 1.82) is 0 Å². The second-order valence-electron chi connectivity index (χ2n) is 6.21. The average Bonchev–Trinajstić information content (AvgIpc) is 3.50. The fourth-order valence-electron chi connectivity index (χ4n) is 2.93. The molecular formula is C19H20N2O5. The molecule has 1 N–H and O–H groups in total. The monoisotopic (exact) mass is 356 g/mol. The topological polar surface area (TPSA) is 90.7 Å². The van der Waals surface area contributed by atoms with Gasteiger partial charge >= 0.3 is 5.97 Å². The van der Waals surface area contributed by atoms with E-state index in [-0.39, 0.29) is 17.3 Å². The first kappa shape index (κ1) is 17.7. The third-order valence-corrected chi connectivity index (χ3v) is 4.50. The van der Waals surface area contributed by atoms with Crippen LogP contribution >= 0.6 is 0 Å². The summed E-state index contributed by atoms with van der Waals surface area (Å²) in [5, 5.41) is 14.4. The number of methoxy groups -OCH3 is 2. The van der Waals surface area contributed by atoms with Gasteiger partial charge in [0.1, 0.15) is 5.75 Å². The van der Waals surface area contributed by atoms with E-state index in [1.54, 1.807) is 13.2 Å². The van der Waals surface area contributed by atoms with Gasteiger partial charge in [0.25, 0.3) is 5.69 Å². The number of nitro groups is 1. The molecule has 0 bridgehead atoms. The molecule has 1 fully saturated rings. The number of anilines is 1. The molecule has 136 valence electrons. The van der Waals surface area contributed by atoms with E-state index in [9.17, 15) is 14.9 Å². The van der Waals surface area contributed by atoms with Crippen LogP contribution in [0.15, 0.2) is 42.5 Å². The molecule has 3 rings (SSSR count). The van der Waals surface area contributed by atoms with E-state index in [0.717, 1.165) is 24.2 Å². The lowest BCUT2D eigenvalue weighted by molar-refractivity contribution is -0.384. The summed E-state index contributed by atoms with van der Waals surface area (Å²) >= 11 is 0.